The molecule has 0 radical (unpaired) electrons. The van der Waals surface area contributed by atoms with Crippen molar-refractivity contribution in [3.05, 3.63) is 22.2 Å². The van der Waals surface area contributed by atoms with Crippen molar-refractivity contribution in [1.29, 1.82) is 0 Å². The molecule has 0 aliphatic rings. The lowest BCUT2D eigenvalue weighted by atomic mass is 10.1. The maximum Gasteiger partial charge on any atom is 0.278 e. The molecule has 0 aromatic carbocycles. The average molecular weight is 360 g/mol. The molecule has 23 heavy (non-hydrogen) atoms. The van der Waals surface area contributed by atoms with Crippen LogP contribution in [-0.4, -0.2) is 32.3 Å². The molecule has 0 spiro atoms. The zero-order valence-corrected chi connectivity index (χ0v) is 14.9. The summed E-state index contributed by atoms with van der Waals surface area (Å²) in [5.41, 5.74) is -3.32. The van der Waals surface area contributed by atoms with Crippen molar-refractivity contribution in [3.8, 4) is 0 Å². The maximum atomic E-state index is 12.9. The normalized spacial score (nSPS) is 15.3. The summed E-state index contributed by atoms with van der Waals surface area (Å²) in [6.07, 6.45) is -6.16. The summed E-state index contributed by atoms with van der Waals surface area (Å²) in [6, 6.07) is 0. The molecular weight excluding hydrogens is 336 g/mol. The number of alkyl halides is 4. The molecule has 136 valence electrons. The molecule has 0 unspecified atom stereocenters. The second-order valence-electron chi connectivity index (χ2n) is 7.09. The number of sulfone groups is 1. The van der Waals surface area contributed by atoms with E-state index in [2.05, 4.69) is 10.6 Å². The lowest BCUT2D eigenvalue weighted by molar-refractivity contribution is 0.172. The van der Waals surface area contributed by atoms with Gasteiger partial charge >= 0.3 is 0 Å². The van der Waals surface area contributed by atoms with Crippen molar-refractivity contribution < 1.29 is 26.0 Å². The van der Waals surface area contributed by atoms with Crippen LogP contribution in [0.1, 0.15) is 41.5 Å². The van der Waals surface area contributed by atoms with E-state index in [0.717, 1.165) is 0 Å². The Morgan fingerprint density at radius 2 is 1.04 bits per heavy atom. The van der Waals surface area contributed by atoms with E-state index in [1.54, 1.807) is 41.5 Å². The zero-order valence-electron chi connectivity index (χ0n) is 14.0. The van der Waals surface area contributed by atoms with Crippen LogP contribution in [0.4, 0.5) is 17.6 Å². The summed E-state index contributed by atoms with van der Waals surface area (Å²) in [5.74, 6) is 0. The molecule has 0 amide bonds. The fourth-order valence-corrected chi connectivity index (χ4v) is 2.62. The van der Waals surface area contributed by atoms with Crippen molar-refractivity contribution in [2.75, 3.05) is 0 Å². The highest BCUT2D eigenvalue weighted by molar-refractivity contribution is 7.97. The van der Waals surface area contributed by atoms with Crippen LogP contribution in [0, 0.1) is 0 Å². The van der Waals surface area contributed by atoms with Gasteiger partial charge in [-0.05, 0) is 41.5 Å². The Kier molecular flexibility index (Phi) is 7.14. The lowest BCUT2D eigenvalue weighted by Gasteiger charge is -2.24. The first-order chi connectivity index (χ1) is 10.0. The number of nitrogens with one attached hydrogen (secondary N) is 2. The molecule has 0 aliphatic heterocycles. The fraction of sp³-hybridized carbons (Fsp3) is 0.714. The number of rotatable bonds is 6. The van der Waals surface area contributed by atoms with Crippen LogP contribution >= 0.6 is 0 Å². The molecule has 0 heterocycles. The standard InChI is InChI=1S/C14H24F4N2O2S/c1-13(2,3)19-9(11(15)16)7-23(21,22)8-10(12(17)18)20-14(4,5)6/h7-8,11-12,19-20H,1-6H3/b9-7-,10-8-. The van der Waals surface area contributed by atoms with Crippen LogP contribution in [0.3, 0.4) is 0 Å². The highest BCUT2D eigenvalue weighted by atomic mass is 32.2. The van der Waals surface area contributed by atoms with Gasteiger partial charge in [-0.15, -0.1) is 0 Å². The van der Waals surface area contributed by atoms with E-state index in [1.165, 1.54) is 0 Å². The van der Waals surface area contributed by atoms with Crippen molar-refractivity contribution >= 4 is 9.84 Å². The largest absolute Gasteiger partial charge is 0.379 e. The third-order valence-electron chi connectivity index (χ3n) is 2.09. The third-order valence-corrected chi connectivity index (χ3v) is 3.26. The molecule has 0 atom stereocenters. The quantitative estimate of drug-likeness (QED) is 0.713. The minimum absolute atomic E-state index is 0.273. The summed E-state index contributed by atoms with van der Waals surface area (Å²) in [6.45, 7) is 9.40. The summed E-state index contributed by atoms with van der Waals surface area (Å²) < 4.78 is 75.7. The van der Waals surface area contributed by atoms with Gasteiger partial charge in [-0.3, -0.25) is 0 Å². The summed E-state index contributed by atoms with van der Waals surface area (Å²) in [5, 5.41) is 5.26. The Labute approximate surface area is 134 Å². The molecule has 0 bridgehead atoms. The van der Waals surface area contributed by atoms with Crippen molar-refractivity contribution in [2.24, 2.45) is 0 Å². The predicted octanol–water partition coefficient (Wildman–Crippen LogP) is 3.39. The van der Waals surface area contributed by atoms with Gasteiger partial charge < -0.3 is 10.6 Å². The Morgan fingerprint density at radius 3 is 1.22 bits per heavy atom. The topological polar surface area (TPSA) is 58.2 Å². The molecule has 4 nitrogen and oxygen atoms in total. The third kappa shape index (κ3) is 10.2. The first-order valence-electron chi connectivity index (χ1n) is 6.83. The Balaban J connectivity index is 5.73. The van der Waals surface area contributed by atoms with Gasteiger partial charge in [0.2, 0.25) is 0 Å². The lowest BCUT2D eigenvalue weighted by Crippen LogP contribution is -2.38. The van der Waals surface area contributed by atoms with Gasteiger partial charge in [-0.25, -0.2) is 26.0 Å². The second kappa shape index (κ2) is 7.55. The molecule has 0 aliphatic carbocycles. The minimum Gasteiger partial charge on any atom is -0.379 e. The number of hydrogen-bond donors (Lipinski definition) is 2. The summed E-state index contributed by atoms with van der Waals surface area (Å²) >= 11 is 0. The first kappa shape index (κ1) is 21.8. The summed E-state index contributed by atoms with van der Waals surface area (Å²) in [4.78, 5) is 0. The van der Waals surface area contributed by atoms with Gasteiger partial charge in [0.15, 0.2) is 9.84 Å². The Bertz CT molecular complexity index is 512. The molecule has 2 N–H and O–H groups in total. The molecule has 0 fully saturated rings. The molecule has 0 saturated heterocycles. The van der Waals surface area contributed by atoms with Crippen LogP contribution in [-0.2, 0) is 9.84 Å². The van der Waals surface area contributed by atoms with Crippen LogP contribution < -0.4 is 10.6 Å². The van der Waals surface area contributed by atoms with E-state index in [4.69, 9.17) is 0 Å². The number of halogens is 4. The highest BCUT2D eigenvalue weighted by Crippen LogP contribution is 2.17. The fourth-order valence-electron chi connectivity index (χ4n) is 1.52. The van der Waals surface area contributed by atoms with Gasteiger partial charge in [0.05, 0.1) is 22.2 Å². The Morgan fingerprint density at radius 1 is 0.783 bits per heavy atom. The predicted molar refractivity (Wildman–Crippen MR) is 82.9 cm³/mol. The number of allylic oxidation sites excluding steroid dienone is 2. The van der Waals surface area contributed by atoms with Crippen LogP contribution in [0.5, 0.6) is 0 Å². The maximum absolute atomic E-state index is 12.9. The number of hydrogen-bond acceptors (Lipinski definition) is 4. The molecule has 0 aromatic heterocycles. The van der Waals surface area contributed by atoms with Crippen LogP contribution in [0.25, 0.3) is 0 Å². The van der Waals surface area contributed by atoms with Crippen molar-refractivity contribution in [3.63, 3.8) is 0 Å². The molecule has 0 saturated carbocycles. The van der Waals surface area contributed by atoms with Crippen molar-refractivity contribution in [2.45, 2.75) is 65.5 Å². The average Bonchev–Trinajstić information content (AvgIpc) is 2.22. The van der Waals surface area contributed by atoms with E-state index in [0.29, 0.717) is 0 Å². The van der Waals surface area contributed by atoms with Gasteiger partial charge in [0, 0.05) is 11.1 Å². The first-order valence-corrected chi connectivity index (χ1v) is 8.44. The van der Waals surface area contributed by atoms with Gasteiger partial charge in [0.1, 0.15) is 0 Å². The summed E-state index contributed by atoms with van der Waals surface area (Å²) in [7, 11) is -4.42. The minimum atomic E-state index is -4.42. The van der Waals surface area contributed by atoms with Gasteiger partial charge in [0.25, 0.3) is 12.9 Å². The van der Waals surface area contributed by atoms with Crippen molar-refractivity contribution in [1.82, 2.24) is 10.6 Å². The zero-order chi connectivity index (χ0) is 18.6. The SMILES string of the molecule is CC(C)(C)N/C(=C\S(=O)(=O)/C=C(\NC(C)(C)C)C(F)F)C(F)F. The Hall–Kier alpha value is -1.25. The van der Waals surface area contributed by atoms with E-state index in [-0.39, 0.29) is 10.8 Å². The van der Waals surface area contributed by atoms with Crippen LogP contribution in [0.2, 0.25) is 0 Å². The molecule has 0 aromatic rings. The highest BCUT2D eigenvalue weighted by Gasteiger charge is 2.24. The van der Waals surface area contributed by atoms with E-state index in [1.807, 2.05) is 0 Å². The molecule has 9 heteroatoms. The van der Waals surface area contributed by atoms with E-state index < -0.39 is 45.2 Å². The van der Waals surface area contributed by atoms with Crippen LogP contribution in [0.15, 0.2) is 22.2 Å². The van der Waals surface area contributed by atoms with Gasteiger partial charge in [-0.2, -0.15) is 0 Å². The van der Waals surface area contributed by atoms with Gasteiger partial charge in [-0.1, -0.05) is 0 Å². The molecule has 0 rings (SSSR count). The second-order valence-corrected chi connectivity index (χ2v) is 8.74. The molecular formula is C14H24F4N2O2S. The van der Waals surface area contributed by atoms with E-state index in [9.17, 15) is 26.0 Å². The monoisotopic (exact) mass is 360 g/mol. The van der Waals surface area contributed by atoms with E-state index >= 15 is 0 Å². The smallest absolute Gasteiger partial charge is 0.278 e.